The Morgan fingerprint density at radius 2 is 1.96 bits per heavy atom. The second kappa shape index (κ2) is 8.32. The third kappa shape index (κ3) is 4.05. The average Bonchev–Trinajstić information content (AvgIpc) is 3.14. The molecule has 1 amide bonds. The molecule has 1 aliphatic heterocycles. The number of hydrogen-bond donors (Lipinski definition) is 1. The number of methoxy groups -OCH3 is 2. The van der Waals surface area contributed by atoms with E-state index in [1.807, 2.05) is 0 Å². The molecule has 1 atom stereocenters. The van der Waals surface area contributed by atoms with E-state index in [2.05, 4.69) is 26.4 Å². The molecule has 1 heterocycles. The molecule has 1 N–H and O–H groups in total. The predicted octanol–water partition coefficient (Wildman–Crippen LogP) is 4.53. The predicted molar refractivity (Wildman–Crippen MR) is 103 cm³/mol. The van der Waals surface area contributed by atoms with Crippen molar-refractivity contribution in [1.29, 1.82) is 0 Å². The van der Waals surface area contributed by atoms with Crippen molar-refractivity contribution in [3.05, 3.63) is 51.0 Å². The zero-order valence-electron chi connectivity index (χ0n) is 14.7. The number of oxime groups is 1. The van der Waals surface area contributed by atoms with Gasteiger partial charge in [0.1, 0.15) is 17.3 Å². The number of amides is 1. The lowest BCUT2D eigenvalue weighted by atomic mass is 10.0. The minimum absolute atomic E-state index is 0.0705. The number of nitrogens with zero attached hydrogens (tertiary/aromatic N) is 1. The third-order valence-electron chi connectivity index (χ3n) is 4.00. The highest BCUT2D eigenvalue weighted by Gasteiger charge is 2.31. The van der Waals surface area contributed by atoms with Gasteiger partial charge in [-0.1, -0.05) is 16.8 Å². The van der Waals surface area contributed by atoms with Gasteiger partial charge < -0.3 is 19.6 Å². The van der Waals surface area contributed by atoms with Crippen LogP contribution >= 0.6 is 27.5 Å². The van der Waals surface area contributed by atoms with Crippen LogP contribution in [0.15, 0.2) is 33.9 Å². The highest BCUT2D eigenvalue weighted by atomic mass is 79.9. The molecule has 3 rings (SSSR count). The zero-order chi connectivity index (χ0) is 20.4. The van der Waals surface area contributed by atoms with Crippen LogP contribution in [0, 0.1) is 11.6 Å². The van der Waals surface area contributed by atoms with Crippen LogP contribution in [-0.4, -0.2) is 31.9 Å². The van der Waals surface area contributed by atoms with Crippen LogP contribution < -0.4 is 14.8 Å². The molecule has 0 aromatic heterocycles. The maximum absolute atomic E-state index is 13.9. The maximum atomic E-state index is 13.9. The Morgan fingerprint density at radius 3 is 2.61 bits per heavy atom. The Kier molecular flexibility index (Phi) is 6.04. The lowest BCUT2D eigenvalue weighted by molar-refractivity contribution is -0.125. The number of ether oxygens (including phenoxy) is 2. The molecule has 0 fully saturated rings. The molecule has 1 unspecified atom stereocenters. The van der Waals surface area contributed by atoms with Crippen LogP contribution in [0.25, 0.3) is 0 Å². The summed E-state index contributed by atoms with van der Waals surface area (Å²) >= 11 is 9.17. The van der Waals surface area contributed by atoms with Gasteiger partial charge >= 0.3 is 0 Å². The second-order valence-electron chi connectivity index (χ2n) is 5.76. The Morgan fingerprint density at radius 1 is 1.25 bits per heavy atom. The number of rotatable bonds is 5. The molecule has 10 heteroatoms. The monoisotopic (exact) mass is 474 g/mol. The summed E-state index contributed by atoms with van der Waals surface area (Å²) in [6.45, 7) is 0. The summed E-state index contributed by atoms with van der Waals surface area (Å²) in [6.07, 6.45) is -0.900. The van der Waals surface area contributed by atoms with E-state index >= 15 is 0 Å². The molecule has 2 aromatic carbocycles. The Hall–Kier alpha value is -2.39. The van der Waals surface area contributed by atoms with Crippen molar-refractivity contribution in [1.82, 2.24) is 0 Å². The second-order valence-corrected chi connectivity index (χ2v) is 7.02. The van der Waals surface area contributed by atoms with Gasteiger partial charge in [0.2, 0.25) is 6.10 Å². The fourth-order valence-corrected chi connectivity index (χ4v) is 3.38. The largest absolute Gasteiger partial charge is 0.496 e. The molecule has 0 aliphatic carbocycles. The van der Waals surface area contributed by atoms with Crippen LogP contribution in [-0.2, 0) is 9.63 Å². The van der Waals surface area contributed by atoms with Crippen LogP contribution in [0.5, 0.6) is 11.5 Å². The molecule has 148 valence electrons. The van der Waals surface area contributed by atoms with Gasteiger partial charge in [0, 0.05) is 28.6 Å². The number of anilines is 1. The third-order valence-corrected chi connectivity index (χ3v) is 4.92. The number of halogens is 4. The quantitative estimate of drug-likeness (QED) is 0.690. The summed E-state index contributed by atoms with van der Waals surface area (Å²) in [7, 11) is 2.95. The molecule has 28 heavy (non-hydrogen) atoms. The summed E-state index contributed by atoms with van der Waals surface area (Å²) in [5.74, 6) is -1.45. The molecule has 0 spiro atoms. The maximum Gasteiger partial charge on any atom is 0.268 e. The van der Waals surface area contributed by atoms with Crippen molar-refractivity contribution < 1.29 is 27.9 Å². The van der Waals surface area contributed by atoms with Crippen LogP contribution in [0.1, 0.15) is 12.0 Å². The minimum Gasteiger partial charge on any atom is -0.496 e. The minimum atomic E-state index is -1.00. The van der Waals surface area contributed by atoms with Crippen molar-refractivity contribution in [2.24, 2.45) is 5.16 Å². The van der Waals surface area contributed by atoms with Gasteiger partial charge in [0.05, 0.1) is 30.6 Å². The topological polar surface area (TPSA) is 69.1 Å². The van der Waals surface area contributed by atoms with E-state index < -0.39 is 23.6 Å². The molecule has 2 aromatic rings. The van der Waals surface area contributed by atoms with E-state index in [-0.39, 0.29) is 16.6 Å². The molecule has 0 saturated carbocycles. The van der Waals surface area contributed by atoms with E-state index in [9.17, 15) is 13.6 Å². The number of nitrogens with one attached hydrogen (secondary N) is 1. The first kappa shape index (κ1) is 20.3. The summed E-state index contributed by atoms with van der Waals surface area (Å²) in [6, 6.07) is 4.90. The average molecular weight is 476 g/mol. The van der Waals surface area contributed by atoms with E-state index in [4.69, 9.17) is 25.9 Å². The first-order valence-corrected chi connectivity index (χ1v) is 9.11. The molecule has 6 nitrogen and oxygen atoms in total. The first-order valence-electron chi connectivity index (χ1n) is 7.94. The summed E-state index contributed by atoms with van der Waals surface area (Å²) in [5, 5.41) is 6.64. The van der Waals surface area contributed by atoms with Gasteiger partial charge in [0.25, 0.3) is 5.91 Å². The van der Waals surface area contributed by atoms with Crippen molar-refractivity contribution in [3.63, 3.8) is 0 Å². The van der Waals surface area contributed by atoms with E-state index in [1.165, 1.54) is 14.2 Å². The normalized spacial score (nSPS) is 15.6. The molecule has 0 saturated heterocycles. The molecule has 1 aliphatic rings. The number of benzene rings is 2. The highest BCUT2D eigenvalue weighted by Crippen LogP contribution is 2.35. The molecule has 0 bridgehead atoms. The molecular weight excluding hydrogens is 462 g/mol. The van der Waals surface area contributed by atoms with Crippen LogP contribution in [0.4, 0.5) is 14.5 Å². The fraction of sp³-hybridized carbons (Fsp3) is 0.222. The van der Waals surface area contributed by atoms with Crippen LogP contribution in [0.3, 0.4) is 0 Å². The lowest BCUT2D eigenvalue weighted by Crippen LogP contribution is -2.28. The van der Waals surface area contributed by atoms with Gasteiger partial charge in [-0.2, -0.15) is 0 Å². The van der Waals surface area contributed by atoms with E-state index in [1.54, 1.807) is 12.1 Å². The standard InChI is InChI=1S/C18H14BrClF2N2O4/c1-26-14-7-15(27-2)11(20)5-9(14)13-6-16(28-24-13)18(25)23-17-10(19)3-8(21)4-12(17)22/h3-5,7,16H,6H2,1-2H3,(H,23,25). The van der Waals surface area contributed by atoms with Gasteiger partial charge in [0.15, 0.2) is 5.82 Å². The van der Waals surface area contributed by atoms with Gasteiger partial charge in [-0.3, -0.25) is 4.79 Å². The van der Waals surface area contributed by atoms with Gasteiger partial charge in [-0.05, 0) is 28.1 Å². The Labute approximate surface area is 172 Å². The van der Waals surface area contributed by atoms with Gasteiger partial charge in [-0.25, -0.2) is 8.78 Å². The fourth-order valence-electron chi connectivity index (χ4n) is 2.63. The highest BCUT2D eigenvalue weighted by molar-refractivity contribution is 9.10. The van der Waals surface area contributed by atoms with Crippen molar-refractivity contribution in [2.75, 3.05) is 19.5 Å². The number of hydrogen-bond acceptors (Lipinski definition) is 5. The first-order chi connectivity index (χ1) is 13.3. The van der Waals surface area contributed by atoms with Crippen molar-refractivity contribution in [2.45, 2.75) is 12.5 Å². The smallest absolute Gasteiger partial charge is 0.268 e. The zero-order valence-corrected chi connectivity index (χ0v) is 17.0. The van der Waals surface area contributed by atoms with Gasteiger partial charge in [-0.15, -0.1) is 0 Å². The molecular formula is C18H14BrClF2N2O4. The number of carbonyl (C=O) groups is 1. The van der Waals surface area contributed by atoms with Crippen LogP contribution in [0.2, 0.25) is 5.02 Å². The Bertz CT molecular complexity index is 948. The van der Waals surface area contributed by atoms with Crippen molar-refractivity contribution >= 4 is 44.8 Å². The van der Waals surface area contributed by atoms with Crippen molar-refractivity contribution in [3.8, 4) is 11.5 Å². The van der Waals surface area contributed by atoms with E-state index in [0.717, 1.165) is 6.07 Å². The lowest BCUT2D eigenvalue weighted by Gasteiger charge is -2.13. The van der Waals surface area contributed by atoms with E-state index in [0.29, 0.717) is 33.9 Å². The SMILES string of the molecule is COc1cc(OC)c(C2=NOC(C(=O)Nc3c(F)cc(F)cc3Br)C2)cc1Cl. The summed E-state index contributed by atoms with van der Waals surface area (Å²) < 4.78 is 37.6. The molecule has 0 radical (unpaired) electrons. The Balaban J connectivity index is 1.77. The summed E-state index contributed by atoms with van der Waals surface area (Å²) in [5.41, 5.74) is 0.784. The summed E-state index contributed by atoms with van der Waals surface area (Å²) in [4.78, 5) is 17.6. The number of carbonyl (C=O) groups excluding carboxylic acids is 1.